The van der Waals surface area contributed by atoms with E-state index < -0.39 is 17.9 Å². The molecule has 0 spiro atoms. The highest BCUT2D eigenvalue weighted by atomic mass is 16.5. The lowest BCUT2D eigenvalue weighted by Crippen LogP contribution is -2.46. The highest BCUT2D eigenvalue weighted by Crippen LogP contribution is 2.25. The van der Waals surface area contributed by atoms with Gasteiger partial charge in [0.1, 0.15) is 12.1 Å². The van der Waals surface area contributed by atoms with Gasteiger partial charge in [-0.1, -0.05) is 30.3 Å². The van der Waals surface area contributed by atoms with E-state index in [1.165, 1.54) is 0 Å². The molecule has 0 aliphatic carbocycles. The number of oxazole rings is 1. The highest BCUT2D eigenvalue weighted by Gasteiger charge is 2.23. The van der Waals surface area contributed by atoms with Gasteiger partial charge in [0.05, 0.1) is 31.3 Å². The monoisotopic (exact) mass is 507 g/mol. The van der Waals surface area contributed by atoms with Crippen molar-refractivity contribution in [3.63, 3.8) is 0 Å². The van der Waals surface area contributed by atoms with Gasteiger partial charge < -0.3 is 29.8 Å². The molecule has 2 heterocycles. The number of nitrogens with zero attached hydrogens (tertiary/aromatic N) is 2. The predicted octanol–water partition coefficient (Wildman–Crippen LogP) is 1.43. The average Bonchev–Trinajstić information content (AvgIpc) is 3.06. The molecule has 1 aliphatic heterocycles. The number of carbonyl (C=O) groups excluding carboxylic acids is 1. The Bertz CT molecular complexity index is 1270. The summed E-state index contributed by atoms with van der Waals surface area (Å²) in [4.78, 5) is 24.9. The molecule has 2 atom stereocenters. The fraction of sp³-hybridized carbons (Fsp3) is 0.444. The van der Waals surface area contributed by atoms with Crippen molar-refractivity contribution >= 4 is 17.0 Å². The van der Waals surface area contributed by atoms with E-state index in [0.717, 1.165) is 36.2 Å². The maximum Gasteiger partial charge on any atom is 0.420 e. The summed E-state index contributed by atoms with van der Waals surface area (Å²) in [5, 5.41) is 18.6. The largest absolute Gasteiger partial charge is 0.420 e. The lowest BCUT2D eigenvalue weighted by molar-refractivity contribution is -0.132. The van der Waals surface area contributed by atoms with Gasteiger partial charge in [-0.3, -0.25) is 9.36 Å². The molecule has 0 bridgehead atoms. The summed E-state index contributed by atoms with van der Waals surface area (Å²) in [5.41, 5.74) is 4.07. The van der Waals surface area contributed by atoms with Crippen molar-refractivity contribution in [1.82, 2.24) is 20.5 Å². The second-order valence-corrected chi connectivity index (χ2v) is 8.93. The number of likely N-dealkylation sites (N-methyl/N-ethyl adjacent to an activating group) is 1. The Labute approximate surface area is 215 Å². The molecule has 0 unspecified atom stereocenters. The molecule has 3 N–H and O–H groups in total. The molecule has 10 nitrogen and oxygen atoms in total. The second kappa shape index (κ2) is 13.2. The topological polar surface area (TPSA) is 131 Å². The van der Waals surface area contributed by atoms with E-state index in [0.29, 0.717) is 50.4 Å². The molecule has 4 rings (SSSR count). The average molecular weight is 508 g/mol. The van der Waals surface area contributed by atoms with Crippen LogP contribution in [0.2, 0.25) is 0 Å². The van der Waals surface area contributed by atoms with E-state index in [4.69, 9.17) is 13.9 Å². The lowest BCUT2D eigenvalue weighted by atomic mass is 10.0. The fourth-order valence-corrected chi connectivity index (χ4v) is 4.23. The summed E-state index contributed by atoms with van der Waals surface area (Å²) < 4.78 is 18.1. The van der Waals surface area contributed by atoms with E-state index in [1.54, 1.807) is 10.6 Å². The fourth-order valence-electron chi connectivity index (χ4n) is 4.23. The molecule has 10 heteroatoms. The molecule has 37 heavy (non-hydrogen) atoms. The van der Waals surface area contributed by atoms with Crippen LogP contribution in [0.4, 0.5) is 0 Å². The summed E-state index contributed by atoms with van der Waals surface area (Å²) in [6.45, 7) is 3.91. The maximum absolute atomic E-state index is 12.5. The minimum atomic E-state index is -0.655. The Morgan fingerprint density at radius 2 is 2.05 bits per heavy atom. The summed E-state index contributed by atoms with van der Waals surface area (Å²) in [6.07, 6.45) is 0.654. The van der Waals surface area contributed by atoms with E-state index >= 15 is 0 Å². The number of benzene rings is 2. The number of hydrogen-bond acceptors (Lipinski definition) is 8. The van der Waals surface area contributed by atoms with Gasteiger partial charge in [0.2, 0.25) is 0 Å². The van der Waals surface area contributed by atoms with Crippen LogP contribution >= 0.6 is 0 Å². The zero-order chi connectivity index (χ0) is 26.0. The first-order valence-corrected chi connectivity index (χ1v) is 12.6. The summed E-state index contributed by atoms with van der Waals surface area (Å²) in [6, 6.07) is 15.0. The van der Waals surface area contributed by atoms with Crippen LogP contribution in [0.3, 0.4) is 0 Å². The zero-order valence-corrected chi connectivity index (χ0v) is 21.0. The van der Waals surface area contributed by atoms with Crippen molar-refractivity contribution in [1.29, 1.82) is 5.26 Å². The Kier molecular flexibility index (Phi) is 9.46. The van der Waals surface area contributed by atoms with E-state index in [-0.39, 0.29) is 5.91 Å². The number of nitriles is 1. The van der Waals surface area contributed by atoms with Crippen molar-refractivity contribution < 1.29 is 18.7 Å². The third-order valence-corrected chi connectivity index (χ3v) is 6.26. The molecular weight excluding hydrogens is 474 g/mol. The van der Waals surface area contributed by atoms with Crippen LogP contribution in [0.15, 0.2) is 51.7 Å². The number of nitrogens with one attached hydrogen (secondary N) is 3. The van der Waals surface area contributed by atoms with Gasteiger partial charge in [-0.05, 0) is 48.8 Å². The maximum atomic E-state index is 12.5. The first-order chi connectivity index (χ1) is 18.1. The van der Waals surface area contributed by atoms with Crippen LogP contribution in [-0.2, 0) is 27.2 Å². The van der Waals surface area contributed by atoms with Gasteiger partial charge >= 0.3 is 5.76 Å². The predicted molar refractivity (Wildman–Crippen MR) is 139 cm³/mol. The Morgan fingerprint density at radius 1 is 1.24 bits per heavy atom. The Balaban J connectivity index is 1.41. The molecule has 1 saturated heterocycles. The summed E-state index contributed by atoms with van der Waals surface area (Å²) in [5.74, 6) is -0.682. The highest BCUT2D eigenvalue weighted by molar-refractivity contribution is 5.82. The van der Waals surface area contributed by atoms with E-state index in [2.05, 4.69) is 22.0 Å². The Hall–Kier alpha value is -3.49. The quantitative estimate of drug-likeness (QED) is 0.332. The van der Waals surface area contributed by atoms with Crippen molar-refractivity contribution in [2.24, 2.45) is 0 Å². The molecule has 1 aromatic heterocycles. The van der Waals surface area contributed by atoms with Gasteiger partial charge in [0.15, 0.2) is 5.58 Å². The number of amides is 1. The molecule has 1 aliphatic rings. The number of aromatic nitrogens is 1. The zero-order valence-electron chi connectivity index (χ0n) is 21.0. The normalized spacial score (nSPS) is 16.7. The molecule has 3 aromatic rings. The number of ether oxygens (including phenoxy) is 2. The van der Waals surface area contributed by atoms with Crippen LogP contribution in [0, 0.1) is 11.3 Å². The molecule has 196 valence electrons. The van der Waals surface area contributed by atoms with E-state index in [1.807, 2.05) is 43.4 Å². The molecule has 0 saturated carbocycles. The van der Waals surface area contributed by atoms with Gasteiger partial charge in [0, 0.05) is 26.1 Å². The van der Waals surface area contributed by atoms with Crippen LogP contribution in [0.1, 0.15) is 12.0 Å². The minimum absolute atomic E-state index is 0.274. The van der Waals surface area contributed by atoms with Gasteiger partial charge in [-0.2, -0.15) is 5.26 Å². The summed E-state index contributed by atoms with van der Waals surface area (Å²) >= 11 is 0. The van der Waals surface area contributed by atoms with Crippen LogP contribution in [0.5, 0.6) is 0 Å². The van der Waals surface area contributed by atoms with Gasteiger partial charge in [0.25, 0.3) is 5.91 Å². The van der Waals surface area contributed by atoms with Crippen molar-refractivity contribution in [2.75, 3.05) is 46.5 Å². The lowest BCUT2D eigenvalue weighted by Gasteiger charge is -2.18. The minimum Gasteiger partial charge on any atom is -0.408 e. The SMILES string of the molecule is CNCCOCCn1c(=O)oc2ccc(-c3ccc(C[C@@H](C#N)NC(=O)[C@@H]4CNCCCO4)cc3)cc21. The molecule has 1 fully saturated rings. The first-order valence-electron chi connectivity index (χ1n) is 12.6. The van der Waals surface area contributed by atoms with E-state index in [9.17, 15) is 14.9 Å². The van der Waals surface area contributed by atoms with Crippen molar-refractivity contribution in [3.05, 3.63) is 58.6 Å². The molecular formula is C27H33N5O5. The van der Waals surface area contributed by atoms with Crippen molar-refractivity contribution in [3.8, 4) is 17.2 Å². The van der Waals surface area contributed by atoms with Gasteiger partial charge in [-0.15, -0.1) is 0 Å². The van der Waals surface area contributed by atoms with Crippen molar-refractivity contribution in [2.45, 2.75) is 31.5 Å². The standard InChI is InChI=1S/C27H33N5O5/c1-29-10-13-35-14-11-32-23-16-21(7-8-24(23)37-27(32)34)20-5-3-19(4-6-20)15-22(17-28)31-26(33)25-18-30-9-2-12-36-25/h3-8,16,22,25,29-30H,2,9-15,18H2,1H3,(H,31,33)/t22-,25-/m0/s1. The molecule has 1 amide bonds. The van der Waals surface area contributed by atoms with Gasteiger partial charge in [-0.25, -0.2) is 4.79 Å². The van der Waals surface area contributed by atoms with Crippen LogP contribution in [0.25, 0.3) is 22.2 Å². The third-order valence-electron chi connectivity index (χ3n) is 6.26. The molecule has 0 radical (unpaired) electrons. The van der Waals surface area contributed by atoms with Crippen LogP contribution in [-0.4, -0.2) is 69.1 Å². The molecule has 2 aromatic carbocycles. The second-order valence-electron chi connectivity index (χ2n) is 8.93. The Morgan fingerprint density at radius 3 is 2.84 bits per heavy atom. The third kappa shape index (κ3) is 7.05. The number of hydrogen-bond donors (Lipinski definition) is 3. The van der Waals surface area contributed by atoms with Crippen LogP contribution < -0.4 is 21.7 Å². The number of fused-ring (bicyclic) bond motifs is 1. The first kappa shape index (κ1) is 26.6. The summed E-state index contributed by atoms with van der Waals surface area (Å²) in [7, 11) is 1.86. The number of carbonyl (C=O) groups is 1. The number of rotatable bonds is 11. The smallest absolute Gasteiger partial charge is 0.408 e.